The molecule has 1 aliphatic heterocycles. The fraction of sp³-hybridized carbons (Fsp3) is 0.318. The third-order valence-electron chi connectivity index (χ3n) is 5.69. The van der Waals surface area contributed by atoms with Gasteiger partial charge in [-0.1, -0.05) is 12.1 Å². The summed E-state index contributed by atoms with van der Waals surface area (Å²) >= 11 is 0. The van der Waals surface area contributed by atoms with Gasteiger partial charge in [0.15, 0.2) is 5.58 Å². The van der Waals surface area contributed by atoms with E-state index in [0.29, 0.717) is 38.1 Å². The molecule has 2 heterocycles. The third kappa shape index (κ3) is 4.56. The molecule has 33 heavy (non-hydrogen) atoms. The highest BCUT2D eigenvalue weighted by Crippen LogP contribution is 2.21. The van der Waals surface area contributed by atoms with E-state index in [1.165, 1.54) is 28.8 Å². The average molecular weight is 454 g/mol. The Morgan fingerprint density at radius 3 is 2.45 bits per heavy atom. The molecule has 2 aromatic carbocycles. The van der Waals surface area contributed by atoms with E-state index >= 15 is 0 Å². The highest BCUT2D eigenvalue weighted by Gasteiger charge is 2.26. The van der Waals surface area contributed by atoms with Gasteiger partial charge in [0.1, 0.15) is 5.75 Å². The fourth-order valence-electron chi connectivity index (χ4n) is 3.91. The van der Waals surface area contributed by atoms with Crippen LogP contribution in [0.4, 0.5) is 5.69 Å². The molecule has 0 radical (unpaired) electrons. The SMILES string of the molecule is O=C(CCCn1c(=O)oc2cc([N+](=O)[O-])ccc21)N1CCN(C(=O)c2ccccc2O)CC1. The van der Waals surface area contributed by atoms with Gasteiger partial charge in [-0.25, -0.2) is 4.79 Å². The maximum atomic E-state index is 12.6. The average Bonchev–Trinajstić information content (AvgIpc) is 3.13. The lowest BCUT2D eigenvalue weighted by molar-refractivity contribution is -0.384. The van der Waals surface area contributed by atoms with Gasteiger partial charge in [0.05, 0.1) is 22.1 Å². The van der Waals surface area contributed by atoms with Crippen molar-refractivity contribution in [2.75, 3.05) is 26.2 Å². The number of para-hydroxylation sites is 1. The van der Waals surface area contributed by atoms with E-state index in [1.807, 2.05) is 0 Å². The monoisotopic (exact) mass is 454 g/mol. The zero-order chi connectivity index (χ0) is 23.5. The van der Waals surface area contributed by atoms with Crippen LogP contribution in [0.25, 0.3) is 11.1 Å². The van der Waals surface area contributed by atoms with Crippen LogP contribution in [0.15, 0.2) is 51.7 Å². The lowest BCUT2D eigenvalue weighted by Crippen LogP contribution is -2.50. The number of aromatic hydroxyl groups is 1. The lowest BCUT2D eigenvalue weighted by atomic mass is 10.1. The summed E-state index contributed by atoms with van der Waals surface area (Å²) in [5.41, 5.74) is 0.638. The van der Waals surface area contributed by atoms with Gasteiger partial charge in [-0.15, -0.1) is 0 Å². The second-order valence-electron chi connectivity index (χ2n) is 7.72. The van der Waals surface area contributed by atoms with E-state index in [2.05, 4.69) is 0 Å². The smallest absolute Gasteiger partial charge is 0.419 e. The first-order chi connectivity index (χ1) is 15.8. The first-order valence-electron chi connectivity index (χ1n) is 10.5. The molecule has 0 aliphatic carbocycles. The summed E-state index contributed by atoms with van der Waals surface area (Å²) in [6.45, 7) is 1.74. The quantitative estimate of drug-likeness (QED) is 0.444. The van der Waals surface area contributed by atoms with Gasteiger partial charge in [0, 0.05) is 45.2 Å². The predicted octanol–water partition coefficient (Wildman–Crippen LogP) is 1.97. The van der Waals surface area contributed by atoms with Crippen molar-refractivity contribution in [2.45, 2.75) is 19.4 Å². The first kappa shape index (κ1) is 22.1. The van der Waals surface area contributed by atoms with Crippen molar-refractivity contribution in [3.63, 3.8) is 0 Å². The second kappa shape index (κ2) is 9.15. The van der Waals surface area contributed by atoms with Crippen LogP contribution < -0.4 is 5.76 Å². The van der Waals surface area contributed by atoms with E-state index in [9.17, 15) is 29.6 Å². The third-order valence-corrected chi connectivity index (χ3v) is 5.69. The number of aromatic nitrogens is 1. The van der Waals surface area contributed by atoms with Gasteiger partial charge in [-0.3, -0.25) is 24.3 Å². The number of oxazole rings is 1. The zero-order valence-corrected chi connectivity index (χ0v) is 17.7. The lowest BCUT2D eigenvalue weighted by Gasteiger charge is -2.35. The number of carbonyl (C=O) groups excluding carboxylic acids is 2. The molecule has 11 nitrogen and oxygen atoms in total. The summed E-state index contributed by atoms with van der Waals surface area (Å²) in [5, 5.41) is 20.8. The number of hydrogen-bond donors (Lipinski definition) is 1. The summed E-state index contributed by atoms with van der Waals surface area (Å²) in [4.78, 5) is 50.9. The Bertz CT molecular complexity index is 1270. The maximum absolute atomic E-state index is 12.6. The number of rotatable bonds is 6. The highest BCUT2D eigenvalue weighted by molar-refractivity contribution is 5.97. The van der Waals surface area contributed by atoms with Crippen LogP contribution in [0, 0.1) is 10.1 Å². The van der Waals surface area contributed by atoms with Gasteiger partial charge in [0.25, 0.3) is 11.6 Å². The molecule has 1 aliphatic rings. The number of fused-ring (bicyclic) bond motifs is 1. The summed E-state index contributed by atoms with van der Waals surface area (Å²) in [6.07, 6.45) is 0.598. The summed E-state index contributed by atoms with van der Waals surface area (Å²) in [7, 11) is 0. The molecular formula is C22H22N4O7. The van der Waals surface area contributed by atoms with Crippen molar-refractivity contribution < 1.29 is 24.0 Å². The Kier molecular flexibility index (Phi) is 6.11. The van der Waals surface area contributed by atoms with Gasteiger partial charge in [-0.05, 0) is 24.6 Å². The Balaban J connectivity index is 1.30. The Hall–Kier alpha value is -4.15. The van der Waals surface area contributed by atoms with Crippen LogP contribution in [-0.2, 0) is 11.3 Å². The molecule has 1 fully saturated rings. The summed E-state index contributed by atoms with van der Waals surface area (Å²) in [5.74, 6) is -1.06. The van der Waals surface area contributed by atoms with Crippen molar-refractivity contribution in [2.24, 2.45) is 0 Å². The molecule has 4 rings (SSSR count). The number of nitro groups is 1. The molecule has 3 aromatic rings. The molecule has 1 N–H and O–H groups in total. The topological polar surface area (TPSA) is 139 Å². The summed E-state index contributed by atoms with van der Waals surface area (Å²) in [6, 6.07) is 10.3. The van der Waals surface area contributed by atoms with Crippen molar-refractivity contribution >= 4 is 28.6 Å². The minimum Gasteiger partial charge on any atom is -0.507 e. The second-order valence-corrected chi connectivity index (χ2v) is 7.72. The minimum atomic E-state index is -0.630. The van der Waals surface area contributed by atoms with E-state index in [-0.39, 0.29) is 47.4 Å². The number of piperazine rings is 1. The Morgan fingerprint density at radius 2 is 1.76 bits per heavy atom. The van der Waals surface area contributed by atoms with Crippen LogP contribution in [0.1, 0.15) is 23.2 Å². The first-order valence-corrected chi connectivity index (χ1v) is 10.5. The number of aryl methyl sites for hydroxylation is 1. The van der Waals surface area contributed by atoms with E-state index < -0.39 is 10.7 Å². The van der Waals surface area contributed by atoms with E-state index in [1.54, 1.807) is 28.0 Å². The molecule has 1 aromatic heterocycles. The molecule has 2 amide bonds. The molecule has 0 unspecified atom stereocenters. The zero-order valence-electron chi connectivity index (χ0n) is 17.7. The molecule has 1 saturated heterocycles. The van der Waals surface area contributed by atoms with Crippen LogP contribution in [0.5, 0.6) is 5.75 Å². The molecule has 0 spiro atoms. The fourth-order valence-corrected chi connectivity index (χ4v) is 3.91. The van der Waals surface area contributed by atoms with Gasteiger partial charge < -0.3 is 19.3 Å². The number of phenols is 1. The molecule has 0 bridgehead atoms. The maximum Gasteiger partial charge on any atom is 0.419 e. The van der Waals surface area contributed by atoms with Crippen molar-refractivity contribution in [1.29, 1.82) is 0 Å². The minimum absolute atomic E-state index is 0.0716. The summed E-state index contributed by atoms with van der Waals surface area (Å²) < 4.78 is 6.45. The normalized spacial score (nSPS) is 13.9. The van der Waals surface area contributed by atoms with Gasteiger partial charge >= 0.3 is 5.76 Å². The predicted molar refractivity (Wildman–Crippen MR) is 117 cm³/mol. The number of hydrogen-bond acceptors (Lipinski definition) is 7. The standard InChI is InChI=1S/C22H22N4O7/c27-18-5-2-1-4-16(18)21(29)24-12-10-23(11-13-24)20(28)6-3-9-25-17-8-7-15(26(31)32)14-19(17)33-22(25)30/h1-2,4-5,7-8,14,27H,3,6,9-13H2. The number of nitrogens with zero attached hydrogens (tertiary/aromatic N) is 4. The van der Waals surface area contributed by atoms with Crippen molar-refractivity contribution in [3.05, 3.63) is 68.7 Å². The van der Waals surface area contributed by atoms with Crippen LogP contribution in [0.2, 0.25) is 0 Å². The Morgan fingerprint density at radius 1 is 1.06 bits per heavy atom. The van der Waals surface area contributed by atoms with Crippen LogP contribution in [-0.4, -0.2) is 62.4 Å². The molecule has 172 valence electrons. The number of amides is 2. The van der Waals surface area contributed by atoms with Crippen molar-refractivity contribution in [1.82, 2.24) is 14.4 Å². The van der Waals surface area contributed by atoms with Crippen LogP contribution in [0.3, 0.4) is 0 Å². The van der Waals surface area contributed by atoms with Crippen LogP contribution >= 0.6 is 0 Å². The number of benzene rings is 2. The molecular weight excluding hydrogens is 432 g/mol. The van der Waals surface area contributed by atoms with Crippen molar-refractivity contribution in [3.8, 4) is 5.75 Å². The molecule has 0 atom stereocenters. The Labute approximate surface area is 187 Å². The number of carbonyl (C=O) groups is 2. The number of phenolic OH excluding ortho intramolecular Hbond substituents is 1. The van der Waals surface area contributed by atoms with E-state index in [4.69, 9.17) is 4.42 Å². The van der Waals surface area contributed by atoms with Gasteiger partial charge in [-0.2, -0.15) is 0 Å². The number of non-ortho nitro benzene ring substituents is 1. The largest absolute Gasteiger partial charge is 0.507 e. The molecule has 0 saturated carbocycles. The molecule has 11 heteroatoms. The van der Waals surface area contributed by atoms with Gasteiger partial charge in [0.2, 0.25) is 5.91 Å². The van der Waals surface area contributed by atoms with E-state index in [0.717, 1.165) is 0 Å². The highest BCUT2D eigenvalue weighted by atomic mass is 16.6. The number of nitro benzene ring substituents is 1.